The van der Waals surface area contributed by atoms with Gasteiger partial charge in [-0.1, -0.05) is 12.1 Å². The minimum absolute atomic E-state index is 0.00483. The van der Waals surface area contributed by atoms with Crippen LogP contribution in [0.2, 0.25) is 0 Å². The average molecular weight is 600 g/mol. The predicted octanol–water partition coefficient (Wildman–Crippen LogP) is 6.12. The maximum atomic E-state index is 14.8. The second-order valence-electron chi connectivity index (χ2n) is 9.23. The van der Waals surface area contributed by atoms with Crippen LogP contribution < -0.4 is 11.2 Å². The lowest BCUT2D eigenvalue weighted by Gasteiger charge is -2.19. The number of fused-ring (bicyclic) bond motifs is 1. The van der Waals surface area contributed by atoms with Gasteiger partial charge in [0.05, 0.1) is 10.3 Å². The van der Waals surface area contributed by atoms with Gasteiger partial charge in [-0.05, 0) is 90.6 Å². The Kier molecular flexibility index (Phi) is 6.06. The Bertz CT molecular complexity index is 1700. The lowest BCUT2D eigenvalue weighted by molar-refractivity contribution is -0.384. The van der Waals surface area contributed by atoms with Gasteiger partial charge in [-0.2, -0.15) is 0 Å². The summed E-state index contributed by atoms with van der Waals surface area (Å²) in [7, 11) is 0. The van der Waals surface area contributed by atoms with Crippen LogP contribution in [0.4, 0.5) is 10.1 Å². The average Bonchev–Trinajstić information content (AvgIpc) is 3.64. The fourth-order valence-corrected chi connectivity index (χ4v) is 5.24. The van der Waals surface area contributed by atoms with Crippen molar-refractivity contribution in [1.82, 2.24) is 4.57 Å². The van der Waals surface area contributed by atoms with Crippen molar-refractivity contribution in [2.75, 3.05) is 0 Å². The maximum Gasteiger partial charge on any atom is 0.339 e. The third-order valence-electron chi connectivity index (χ3n) is 6.86. The van der Waals surface area contributed by atoms with E-state index in [-0.39, 0.29) is 40.2 Å². The quantitative estimate of drug-likeness (QED) is 0.156. The number of aryl methyl sites for hydroxylation is 1. The molecule has 1 aliphatic carbocycles. The Morgan fingerprint density at radius 3 is 2.50 bits per heavy atom. The fourth-order valence-electron chi connectivity index (χ4n) is 4.79. The molecule has 0 unspecified atom stereocenters. The van der Waals surface area contributed by atoms with Crippen LogP contribution in [-0.4, -0.2) is 9.49 Å². The summed E-state index contributed by atoms with van der Waals surface area (Å²) in [5.41, 5.74) is 2.35. The number of nitrogens with zero attached hydrogens (tertiary/aromatic N) is 2. The van der Waals surface area contributed by atoms with Crippen molar-refractivity contribution in [2.45, 2.75) is 46.1 Å². The van der Waals surface area contributed by atoms with Crippen LogP contribution in [0.1, 0.15) is 46.8 Å². The van der Waals surface area contributed by atoms with Gasteiger partial charge < -0.3 is 8.98 Å². The molecule has 1 saturated carbocycles. The van der Waals surface area contributed by atoms with Crippen molar-refractivity contribution in [3.05, 3.63) is 105 Å². The van der Waals surface area contributed by atoms with Gasteiger partial charge in [-0.25, -0.2) is 9.18 Å². The number of benzene rings is 2. The van der Waals surface area contributed by atoms with Gasteiger partial charge in [0, 0.05) is 45.0 Å². The summed E-state index contributed by atoms with van der Waals surface area (Å²) in [6.07, 6.45) is 1.69. The Morgan fingerprint density at radius 1 is 1.14 bits per heavy atom. The lowest BCUT2D eigenvalue weighted by atomic mass is 9.92. The molecular weight excluding hydrogens is 578 g/mol. The molecule has 0 radical (unpaired) electrons. The Hall–Kier alpha value is -3.34. The largest absolute Gasteiger partial charge is 0.422 e. The highest BCUT2D eigenvalue weighted by molar-refractivity contribution is 14.1. The number of hydrogen-bond donors (Lipinski definition) is 0. The summed E-state index contributed by atoms with van der Waals surface area (Å²) in [6, 6.07) is 9.32. The van der Waals surface area contributed by atoms with Crippen molar-refractivity contribution in [3.63, 3.8) is 0 Å². The van der Waals surface area contributed by atoms with Crippen LogP contribution in [-0.2, 0) is 6.42 Å². The van der Waals surface area contributed by atoms with Gasteiger partial charge >= 0.3 is 5.63 Å². The van der Waals surface area contributed by atoms with E-state index in [4.69, 9.17) is 4.42 Å². The number of non-ortho nitro benzene ring substituents is 1. The van der Waals surface area contributed by atoms with Crippen LogP contribution in [0.3, 0.4) is 0 Å². The van der Waals surface area contributed by atoms with Crippen molar-refractivity contribution < 1.29 is 13.7 Å². The van der Waals surface area contributed by atoms with Crippen molar-refractivity contribution in [3.8, 4) is 11.1 Å². The summed E-state index contributed by atoms with van der Waals surface area (Å²) in [4.78, 5) is 37.9. The molecule has 36 heavy (non-hydrogen) atoms. The van der Waals surface area contributed by atoms with Crippen molar-refractivity contribution in [1.29, 1.82) is 0 Å². The predicted molar refractivity (Wildman–Crippen MR) is 143 cm³/mol. The highest BCUT2D eigenvalue weighted by atomic mass is 127. The van der Waals surface area contributed by atoms with E-state index in [1.54, 1.807) is 36.6 Å². The topological polar surface area (TPSA) is 95.4 Å². The lowest BCUT2D eigenvalue weighted by Crippen LogP contribution is -2.26. The van der Waals surface area contributed by atoms with E-state index in [9.17, 15) is 24.1 Å². The molecule has 0 aliphatic heterocycles. The summed E-state index contributed by atoms with van der Waals surface area (Å²) in [6.45, 7) is 5.15. The second kappa shape index (κ2) is 8.95. The van der Waals surface area contributed by atoms with Crippen LogP contribution in [0.15, 0.2) is 50.4 Å². The first kappa shape index (κ1) is 24.4. The molecule has 9 heteroatoms. The van der Waals surface area contributed by atoms with Gasteiger partial charge in [0.15, 0.2) is 5.58 Å². The fraction of sp³-hybridized carbons (Fsp3) is 0.259. The van der Waals surface area contributed by atoms with Crippen LogP contribution in [0, 0.1) is 40.3 Å². The minimum atomic E-state index is -0.629. The molecule has 7 nitrogen and oxygen atoms in total. The van der Waals surface area contributed by atoms with E-state index >= 15 is 0 Å². The molecule has 1 fully saturated rings. The molecule has 4 aromatic rings. The molecule has 0 N–H and O–H groups in total. The first-order chi connectivity index (χ1) is 17.1. The molecule has 2 aromatic heterocycles. The van der Waals surface area contributed by atoms with E-state index in [2.05, 4.69) is 0 Å². The number of rotatable bonds is 5. The molecule has 184 valence electrons. The van der Waals surface area contributed by atoms with Gasteiger partial charge in [-0.15, -0.1) is 0 Å². The summed E-state index contributed by atoms with van der Waals surface area (Å²) in [5, 5.41) is 11.7. The number of pyridine rings is 1. The molecule has 2 aromatic carbocycles. The first-order valence-corrected chi connectivity index (χ1v) is 12.6. The highest BCUT2D eigenvalue weighted by Crippen LogP contribution is 2.41. The van der Waals surface area contributed by atoms with E-state index < -0.39 is 16.4 Å². The summed E-state index contributed by atoms with van der Waals surface area (Å²) < 4.78 is 23.0. The zero-order chi connectivity index (χ0) is 25.9. The molecule has 0 bridgehead atoms. The van der Waals surface area contributed by atoms with Gasteiger partial charge in [0.2, 0.25) is 0 Å². The number of nitro benzene ring substituents is 1. The molecule has 0 saturated heterocycles. The summed E-state index contributed by atoms with van der Waals surface area (Å²) >= 11 is 2.02. The van der Waals surface area contributed by atoms with Crippen LogP contribution in [0.5, 0.6) is 0 Å². The monoisotopic (exact) mass is 600 g/mol. The Labute approximate surface area is 218 Å². The molecular formula is C27H22FIN2O5. The zero-order valence-electron chi connectivity index (χ0n) is 19.9. The molecule has 2 heterocycles. The van der Waals surface area contributed by atoms with Crippen molar-refractivity contribution >= 4 is 39.2 Å². The Balaban J connectivity index is 1.91. The molecule has 5 rings (SSSR count). The van der Waals surface area contributed by atoms with Crippen LogP contribution >= 0.6 is 22.6 Å². The molecule has 1 aliphatic rings. The molecule has 0 amide bonds. The van der Waals surface area contributed by atoms with Gasteiger partial charge in [0.25, 0.3) is 11.2 Å². The number of hydrogen-bond acceptors (Lipinski definition) is 5. The van der Waals surface area contributed by atoms with E-state index in [1.165, 1.54) is 18.2 Å². The third-order valence-corrected chi connectivity index (χ3v) is 7.53. The maximum absolute atomic E-state index is 14.8. The first-order valence-electron chi connectivity index (χ1n) is 11.5. The second-order valence-corrected chi connectivity index (χ2v) is 10.5. The van der Waals surface area contributed by atoms with Crippen LogP contribution in [0.25, 0.3) is 22.1 Å². The van der Waals surface area contributed by atoms with Gasteiger partial charge in [-0.3, -0.25) is 14.9 Å². The van der Waals surface area contributed by atoms with E-state index in [0.717, 1.165) is 22.0 Å². The number of halogens is 2. The smallest absolute Gasteiger partial charge is 0.339 e. The summed E-state index contributed by atoms with van der Waals surface area (Å²) in [5.74, 6) is -0.424. The Morgan fingerprint density at radius 2 is 1.86 bits per heavy atom. The number of nitro groups is 1. The highest BCUT2D eigenvalue weighted by Gasteiger charge is 2.31. The molecule has 0 spiro atoms. The normalized spacial score (nSPS) is 13.4. The molecule has 0 atom stereocenters. The standard InChI is InChI=1S/C27H22FIN2O5/c1-13-4-7-19(31(34)35)12-20(13)23-15(3)30(18-8-9-18)26(32)24-21(14(2)27(33)36-25(23)24)10-16-5-6-17(29)11-22(16)28/h4-7,11-12,18H,8-10H2,1-3H3. The SMILES string of the molecule is Cc1ccc([N+](=O)[O-])cc1-c1c(C)n(C2CC2)c(=O)c2c(Cc3ccc(I)cc3F)c(C)c(=O)oc12. The van der Waals surface area contributed by atoms with Crippen molar-refractivity contribution in [2.24, 2.45) is 0 Å². The van der Waals surface area contributed by atoms with Gasteiger partial charge in [0.1, 0.15) is 5.82 Å². The minimum Gasteiger partial charge on any atom is -0.422 e. The van der Waals surface area contributed by atoms with E-state index in [1.807, 2.05) is 29.5 Å². The van der Waals surface area contributed by atoms with E-state index in [0.29, 0.717) is 27.9 Å². The zero-order valence-corrected chi connectivity index (χ0v) is 22.0. The third kappa shape index (κ3) is 4.04. The number of aromatic nitrogens is 1.